The molecule has 0 radical (unpaired) electrons. The molecule has 2 aliphatic heterocycles. The molecule has 1 amide bonds. The van der Waals surface area contributed by atoms with Gasteiger partial charge >= 0.3 is 6.09 Å². The monoisotopic (exact) mass is 302 g/mol. The zero-order valence-corrected chi connectivity index (χ0v) is 12.2. The zero-order valence-electron chi connectivity index (χ0n) is 12.2. The van der Waals surface area contributed by atoms with Gasteiger partial charge in [-0.15, -0.1) is 0 Å². The van der Waals surface area contributed by atoms with E-state index in [-0.39, 0.29) is 6.09 Å². The number of imidazole rings is 1. The van der Waals surface area contributed by atoms with E-state index < -0.39 is 0 Å². The molecule has 0 spiro atoms. The lowest BCUT2D eigenvalue weighted by molar-refractivity contribution is 0.157. The van der Waals surface area contributed by atoms with Crippen LogP contribution < -0.4 is 5.32 Å². The van der Waals surface area contributed by atoms with E-state index in [1.807, 2.05) is 15.4 Å². The van der Waals surface area contributed by atoms with Gasteiger partial charge in [-0.3, -0.25) is 4.68 Å². The lowest BCUT2D eigenvalue weighted by atomic mass is 10.3. The highest BCUT2D eigenvalue weighted by Crippen LogP contribution is 2.19. The summed E-state index contributed by atoms with van der Waals surface area (Å²) in [6, 6.07) is 2.08. The van der Waals surface area contributed by atoms with Crippen molar-refractivity contribution < 1.29 is 9.53 Å². The smallest absolute Gasteiger partial charge is 0.410 e. The van der Waals surface area contributed by atoms with E-state index in [4.69, 9.17) is 4.74 Å². The summed E-state index contributed by atoms with van der Waals surface area (Å²) < 4.78 is 9.01. The first-order chi connectivity index (χ1) is 10.8. The number of amides is 1. The standard InChI is InChI=1S/C14H18N6O2/c21-14-19(7-8-22-14)6-5-18-3-2-16-13(18)12-9-11-10-15-1-4-20(11)17-12/h2-3,9,15H,1,4-8,10H2. The zero-order chi connectivity index (χ0) is 14.9. The van der Waals surface area contributed by atoms with E-state index >= 15 is 0 Å². The molecule has 22 heavy (non-hydrogen) atoms. The van der Waals surface area contributed by atoms with Crippen molar-refractivity contribution in [1.82, 2.24) is 29.5 Å². The summed E-state index contributed by atoms with van der Waals surface area (Å²) >= 11 is 0. The Morgan fingerprint density at radius 3 is 3.09 bits per heavy atom. The second-order valence-electron chi connectivity index (χ2n) is 5.47. The van der Waals surface area contributed by atoms with Gasteiger partial charge in [0.1, 0.15) is 12.3 Å². The van der Waals surface area contributed by atoms with Gasteiger partial charge in [-0.25, -0.2) is 9.78 Å². The molecular formula is C14H18N6O2. The van der Waals surface area contributed by atoms with Crippen LogP contribution >= 0.6 is 0 Å². The number of nitrogens with zero attached hydrogens (tertiary/aromatic N) is 5. The van der Waals surface area contributed by atoms with Gasteiger partial charge in [-0.05, 0) is 6.07 Å². The second-order valence-corrected chi connectivity index (χ2v) is 5.47. The molecule has 0 aliphatic carbocycles. The van der Waals surface area contributed by atoms with E-state index in [2.05, 4.69) is 21.5 Å². The molecule has 1 N–H and O–H groups in total. The fourth-order valence-corrected chi connectivity index (χ4v) is 2.88. The molecule has 8 heteroatoms. The fraction of sp³-hybridized carbons (Fsp3) is 0.500. The van der Waals surface area contributed by atoms with Crippen LogP contribution in [0.5, 0.6) is 0 Å². The summed E-state index contributed by atoms with van der Waals surface area (Å²) in [7, 11) is 0. The van der Waals surface area contributed by atoms with Crippen molar-refractivity contribution in [3.63, 3.8) is 0 Å². The van der Waals surface area contributed by atoms with Crippen LogP contribution in [0, 0.1) is 0 Å². The molecule has 4 heterocycles. The number of hydrogen-bond acceptors (Lipinski definition) is 5. The van der Waals surface area contributed by atoms with Crippen molar-refractivity contribution in [2.24, 2.45) is 0 Å². The molecule has 0 atom stereocenters. The lowest BCUT2D eigenvalue weighted by Crippen LogP contribution is -2.28. The molecule has 2 aliphatic rings. The highest BCUT2D eigenvalue weighted by molar-refractivity contribution is 5.69. The molecule has 1 fully saturated rings. The lowest BCUT2D eigenvalue weighted by Gasteiger charge is -2.14. The van der Waals surface area contributed by atoms with E-state index in [1.165, 1.54) is 5.69 Å². The highest BCUT2D eigenvalue weighted by atomic mass is 16.6. The molecule has 8 nitrogen and oxygen atoms in total. The summed E-state index contributed by atoms with van der Waals surface area (Å²) in [5, 5.41) is 7.97. The SMILES string of the molecule is O=C1OCCN1CCn1ccnc1-c1cc2n(n1)CCNC2. The van der Waals surface area contributed by atoms with Crippen LogP contribution in [0.2, 0.25) is 0 Å². The van der Waals surface area contributed by atoms with E-state index in [1.54, 1.807) is 11.1 Å². The summed E-state index contributed by atoms with van der Waals surface area (Å²) in [5.41, 5.74) is 2.06. The first kappa shape index (κ1) is 13.3. The second kappa shape index (κ2) is 5.45. The Morgan fingerprint density at radius 1 is 1.32 bits per heavy atom. The maximum atomic E-state index is 11.5. The third kappa shape index (κ3) is 2.35. The minimum absolute atomic E-state index is 0.231. The minimum Gasteiger partial charge on any atom is -0.448 e. The molecule has 116 valence electrons. The van der Waals surface area contributed by atoms with Gasteiger partial charge in [-0.1, -0.05) is 0 Å². The van der Waals surface area contributed by atoms with Gasteiger partial charge in [0.15, 0.2) is 5.82 Å². The molecular weight excluding hydrogens is 284 g/mol. The van der Waals surface area contributed by atoms with Gasteiger partial charge in [0.25, 0.3) is 0 Å². The number of rotatable bonds is 4. The number of carbonyl (C=O) groups is 1. The van der Waals surface area contributed by atoms with Crippen LogP contribution in [-0.4, -0.2) is 56.6 Å². The summed E-state index contributed by atoms with van der Waals surface area (Å²) in [4.78, 5) is 17.6. The number of cyclic esters (lactones) is 1. The van der Waals surface area contributed by atoms with Gasteiger partial charge in [-0.2, -0.15) is 5.10 Å². The first-order valence-corrected chi connectivity index (χ1v) is 7.52. The number of fused-ring (bicyclic) bond motifs is 1. The van der Waals surface area contributed by atoms with Crippen molar-refractivity contribution in [3.05, 3.63) is 24.2 Å². The number of carbonyl (C=O) groups excluding carboxylic acids is 1. The third-order valence-electron chi connectivity index (χ3n) is 4.07. The Kier molecular flexibility index (Phi) is 3.30. The molecule has 0 bridgehead atoms. The minimum atomic E-state index is -0.231. The third-order valence-corrected chi connectivity index (χ3v) is 4.07. The Morgan fingerprint density at radius 2 is 2.27 bits per heavy atom. The Bertz CT molecular complexity index is 668. The van der Waals surface area contributed by atoms with Crippen molar-refractivity contribution in [2.75, 3.05) is 26.2 Å². The fourth-order valence-electron chi connectivity index (χ4n) is 2.88. The summed E-state index contributed by atoms with van der Waals surface area (Å²) in [5.74, 6) is 0.842. The molecule has 2 aromatic heterocycles. The molecule has 0 aromatic carbocycles. The average molecular weight is 302 g/mol. The molecule has 0 saturated carbocycles. The first-order valence-electron chi connectivity index (χ1n) is 7.52. The summed E-state index contributed by atoms with van der Waals surface area (Å²) in [6.45, 7) is 5.12. The summed E-state index contributed by atoms with van der Waals surface area (Å²) in [6.07, 6.45) is 3.46. The molecule has 4 rings (SSSR count). The molecule has 2 aromatic rings. The van der Waals surface area contributed by atoms with Gasteiger partial charge in [0, 0.05) is 38.6 Å². The van der Waals surface area contributed by atoms with Crippen LogP contribution in [0.15, 0.2) is 18.5 Å². The molecule has 1 saturated heterocycles. The van der Waals surface area contributed by atoms with E-state index in [0.717, 1.165) is 31.2 Å². The number of hydrogen-bond donors (Lipinski definition) is 1. The Balaban J connectivity index is 1.52. The van der Waals surface area contributed by atoms with Crippen LogP contribution in [-0.2, 0) is 24.4 Å². The van der Waals surface area contributed by atoms with Crippen molar-refractivity contribution in [2.45, 2.75) is 19.6 Å². The van der Waals surface area contributed by atoms with Gasteiger partial charge in [0.05, 0.1) is 18.8 Å². The largest absolute Gasteiger partial charge is 0.448 e. The quantitative estimate of drug-likeness (QED) is 0.879. The number of nitrogens with one attached hydrogen (secondary N) is 1. The maximum Gasteiger partial charge on any atom is 0.410 e. The topological polar surface area (TPSA) is 77.2 Å². The predicted octanol–water partition coefficient (Wildman–Crippen LogP) is 0.302. The predicted molar refractivity (Wildman–Crippen MR) is 78.1 cm³/mol. The van der Waals surface area contributed by atoms with Crippen molar-refractivity contribution in [1.29, 1.82) is 0 Å². The van der Waals surface area contributed by atoms with Gasteiger partial charge in [0.2, 0.25) is 0 Å². The normalized spacial score (nSPS) is 17.6. The van der Waals surface area contributed by atoms with Crippen molar-refractivity contribution >= 4 is 6.09 Å². The van der Waals surface area contributed by atoms with Crippen LogP contribution in [0.1, 0.15) is 5.69 Å². The van der Waals surface area contributed by atoms with Gasteiger partial charge < -0.3 is 19.5 Å². The Hall–Kier alpha value is -2.35. The van der Waals surface area contributed by atoms with E-state index in [0.29, 0.717) is 26.2 Å². The maximum absolute atomic E-state index is 11.5. The molecule has 0 unspecified atom stereocenters. The number of ether oxygens (including phenoxy) is 1. The van der Waals surface area contributed by atoms with E-state index in [9.17, 15) is 4.79 Å². The van der Waals surface area contributed by atoms with Crippen LogP contribution in [0.4, 0.5) is 4.79 Å². The Labute approximate surface area is 127 Å². The number of aromatic nitrogens is 4. The highest BCUT2D eigenvalue weighted by Gasteiger charge is 2.22. The van der Waals surface area contributed by atoms with Crippen LogP contribution in [0.25, 0.3) is 11.5 Å². The van der Waals surface area contributed by atoms with Crippen molar-refractivity contribution in [3.8, 4) is 11.5 Å². The van der Waals surface area contributed by atoms with Crippen LogP contribution in [0.3, 0.4) is 0 Å². The average Bonchev–Trinajstić information content (AvgIpc) is 3.23.